The highest BCUT2D eigenvalue weighted by atomic mass is 79.9. The molecule has 0 bridgehead atoms. The highest BCUT2D eigenvalue weighted by Crippen LogP contribution is 2.27. The van der Waals surface area contributed by atoms with Crippen molar-refractivity contribution >= 4 is 56.8 Å². The van der Waals surface area contributed by atoms with Crippen molar-refractivity contribution in [3.05, 3.63) is 117 Å². The van der Waals surface area contributed by atoms with Crippen molar-refractivity contribution in [1.29, 1.82) is 0 Å². The van der Waals surface area contributed by atoms with Gasteiger partial charge in [-0.15, -0.1) is 0 Å². The van der Waals surface area contributed by atoms with E-state index in [1.807, 2.05) is 73.0 Å². The molecule has 39 heavy (non-hydrogen) atoms. The molecular formula is C30H23BrFN3O3S. The Hall–Kier alpha value is -4.08. The van der Waals surface area contributed by atoms with Crippen LogP contribution in [0.25, 0.3) is 11.8 Å². The van der Waals surface area contributed by atoms with E-state index >= 15 is 0 Å². The fraction of sp³-hybridized carbons (Fsp3) is 0.100. The number of carbonyl (C=O) groups excluding carboxylic acids is 2. The van der Waals surface area contributed by atoms with Gasteiger partial charge >= 0.3 is 0 Å². The molecule has 2 amide bonds. The van der Waals surface area contributed by atoms with E-state index in [1.54, 1.807) is 12.1 Å². The molecule has 0 spiro atoms. The Morgan fingerprint density at radius 3 is 2.38 bits per heavy atom. The number of nitrogens with zero attached hydrogens (tertiary/aromatic N) is 2. The lowest BCUT2D eigenvalue weighted by atomic mass is 10.1. The fourth-order valence-electron chi connectivity index (χ4n) is 4.43. The van der Waals surface area contributed by atoms with Crippen molar-refractivity contribution in [2.45, 2.75) is 20.5 Å². The molecule has 5 rings (SSSR count). The smallest absolute Gasteiger partial charge is 0.270 e. The molecule has 9 heteroatoms. The highest BCUT2D eigenvalue weighted by molar-refractivity contribution is 9.10. The summed E-state index contributed by atoms with van der Waals surface area (Å²) in [5.41, 5.74) is 4.59. The van der Waals surface area contributed by atoms with Crippen LogP contribution < -0.4 is 15.0 Å². The maximum atomic E-state index is 13.8. The Balaban J connectivity index is 1.39. The van der Waals surface area contributed by atoms with Gasteiger partial charge in [0.25, 0.3) is 11.8 Å². The van der Waals surface area contributed by atoms with E-state index in [9.17, 15) is 14.0 Å². The lowest BCUT2D eigenvalue weighted by Crippen LogP contribution is -2.54. The Morgan fingerprint density at radius 2 is 1.69 bits per heavy atom. The molecule has 1 aromatic heterocycles. The number of nitrogens with one attached hydrogen (secondary N) is 1. The number of aromatic nitrogens is 1. The lowest BCUT2D eigenvalue weighted by molar-refractivity contribution is -0.122. The number of ether oxygens (including phenoxy) is 1. The normalized spacial score (nSPS) is 14.6. The minimum atomic E-state index is -0.619. The summed E-state index contributed by atoms with van der Waals surface area (Å²) in [6.45, 7) is 4.32. The van der Waals surface area contributed by atoms with Gasteiger partial charge in [-0.1, -0.05) is 34.1 Å². The average molecular weight is 605 g/mol. The molecule has 3 aromatic carbocycles. The van der Waals surface area contributed by atoms with E-state index in [0.29, 0.717) is 12.2 Å². The third kappa shape index (κ3) is 5.55. The van der Waals surface area contributed by atoms with E-state index in [1.165, 1.54) is 18.2 Å². The molecule has 0 radical (unpaired) electrons. The van der Waals surface area contributed by atoms with E-state index < -0.39 is 17.6 Å². The molecule has 2 heterocycles. The zero-order chi connectivity index (χ0) is 27.7. The van der Waals surface area contributed by atoms with Crippen LogP contribution in [0.4, 0.5) is 10.1 Å². The van der Waals surface area contributed by atoms with Gasteiger partial charge in [0, 0.05) is 21.5 Å². The Morgan fingerprint density at radius 1 is 0.974 bits per heavy atom. The Labute approximate surface area is 238 Å². The van der Waals surface area contributed by atoms with Gasteiger partial charge < -0.3 is 9.30 Å². The second kappa shape index (κ2) is 11.0. The molecule has 0 atom stereocenters. The number of benzene rings is 3. The van der Waals surface area contributed by atoms with Gasteiger partial charge in [0.2, 0.25) is 0 Å². The monoisotopic (exact) mass is 603 g/mol. The van der Waals surface area contributed by atoms with Crippen molar-refractivity contribution in [3.8, 4) is 11.4 Å². The largest absolute Gasteiger partial charge is 0.489 e. The van der Waals surface area contributed by atoms with Crippen LogP contribution in [0.2, 0.25) is 0 Å². The number of carbonyl (C=O) groups is 2. The second-order valence-corrected chi connectivity index (χ2v) is 10.3. The fourth-order valence-corrected chi connectivity index (χ4v) is 4.98. The Kier molecular flexibility index (Phi) is 7.45. The summed E-state index contributed by atoms with van der Waals surface area (Å²) >= 11 is 8.64. The van der Waals surface area contributed by atoms with Gasteiger partial charge in [-0.25, -0.2) is 4.39 Å². The lowest BCUT2D eigenvalue weighted by Gasteiger charge is -2.28. The van der Waals surface area contributed by atoms with Crippen LogP contribution in [0.3, 0.4) is 0 Å². The number of hydrogen-bond acceptors (Lipinski definition) is 4. The zero-order valence-electron chi connectivity index (χ0n) is 21.1. The van der Waals surface area contributed by atoms with Gasteiger partial charge in [-0.2, -0.15) is 0 Å². The third-order valence-corrected chi connectivity index (χ3v) is 7.17. The second-order valence-electron chi connectivity index (χ2n) is 9.01. The SMILES string of the molecule is Cc1cc(/C=C2\C(=O)NC(=S)N(c3cccc(F)c3)C2=O)c(C)n1-c1ccc(OCc2ccc(Br)cc2)cc1. The molecule has 1 N–H and O–H groups in total. The van der Waals surface area contributed by atoms with Crippen LogP contribution in [0.15, 0.2) is 88.9 Å². The summed E-state index contributed by atoms with van der Waals surface area (Å²) in [5, 5.41) is 2.44. The zero-order valence-corrected chi connectivity index (χ0v) is 23.5. The Bertz CT molecular complexity index is 1630. The molecule has 0 aliphatic carbocycles. The van der Waals surface area contributed by atoms with Crippen LogP contribution in [-0.2, 0) is 16.2 Å². The molecule has 196 valence electrons. The predicted octanol–water partition coefficient (Wildman–Crippen LogP) is 6.41. The van der Waals surface area contributed by atoms with Gasteiger partial charge in [0.15, 0.2) is 5.11 Å². The molecule has 1 aliphatic heterocycles. The van der Waals surface area contributed by atoms with Gasteiger partial charge in [-0.3, -0.25) is 19.8 Å². The first-order chi connectivity index (χ1) is 18.7. The first-order valence-corrected chi connectivity index (χ1v) is 13.2. The molecule has 4 aromatic rings. The van der Waals surface area contributed by atoms with Crippen molar-refractivity contribution in [2.75, 3.05) is 4.90 Å². The van der Waals surface area contributed by atoms with Crippen LogP contribution in [0.1, 0.15) is 22.5 Å². The van der Waals surface area contributed by atoms with Crippen LogP contribution in [-0.4, -0.2) is 21.5 Å². The van der Waals surface area contributed by atoms with Gasteiger partial charge in [0.05, 0.1) is 5.69 Å². The number of anilines is 1. The standard InChI is InChI=1S/C30H23BrFN3O3S/c1-18-14-21(15-27-28(36)33-30(39)35(29(27)37)25-5-3-4-23(32)16-25)19(2)34(18)24-10-12-26(13-11-24)38-17-20-6-8-22(31)9-7-20/h3-16H,17H2,1-2H3,(H,33,36,39)/b27-15+. The molecule has 1 fully saturated rings. The number of thiocarbonyl (C=S) groups is 1. The van der Waals surface area contributed by atoms with Gasteiger partial charge in [0.1, 0.15) is 23.7 Å². The number of amides is 2. The first kappa shape index (κ1) is 26.5. The van der Waals surface area contributed by atoms with Gasteiger partial charge in [-0.05, 0) is 104 Å². The summed E-state index contributed by atoms with van der Waals surface area (Å²) in [7, 11) is 0. The van der Waals surface area contributed by atoms with E-state index in [0.717, 1.165) is 37.8 Å². The van der Waals surface area contributed by atoms with Crippen molar-refractivity contribution in [2.24, 2.45) is 0 Å². The van der Waals surface area contributed by atoms with Crippen molar-refractivity contribution in [3.63, 3.8) is 0 Å². The van der Waals surface area contributed by atoms with Crippen molar-refractivity contribution < 1.29 is 18.7 Å². The maximum Gasteiger partial charge on any atom is 0.270 e. The highest BCUT2D eigenvalue weighted by Gasteiger charge is 2.35. The number of rotatable bonds is 6. The topological polar surface area (TPSA) is 63.6 Å². The molecular weight excluding hydrogens is 581 g/mol. The molecule has 1 saturated heterocycles. The predicted molar refractivity (Wildman–Crippen MR) is 156 cm³/mol. The average Bonchev–Trinajstić information content (AvgIpc) is 3.19. The minimum absolute atomic E-state index is 0.0928. The van der Waals surface area contributed by atoms with Crippen LogP contribution >= 0.6 is 28.1 Å². The molecule has 6 nitrogen and oxygen atoms in total. The number of hydrogen-bond donors (Lipinski definition) is 1. The first-order valence-electron chi connectivity index (χ1n) is 12.0. The van der Waals surface area contributed by atoms with E-state index in [2.05, 4.69) is 21.2 Å². The third-order valence-electron chi connectivity index (χ3n) is 6.35. The van der Waals surface area contributed by atoms with E-state index in [-0.39, 0.29) is 16.4 Å². The summed E-state index contributed by atoms with van der Waals surface area (Å²) in [6.07, 6.45) is 1.54. The van der Waals surface area contributed by atoms with E-state index in [4.69, 9.17) is 17.0 Å². The molecule has 1 aliphatic rings. The van der Waals surface area contributed by atoms with Crippen molar-refractivity contribution in [1.82, 2.24) is 9.88 Å². The number of aryl methyl sites for hydroxylation is 1. The summed E-state index contributed by atoms with van der Waals surface area (Å²) < 4.78 is 22.8. The maximum absolute atomic E-state index is 13.8. The van der Waals surface area contributed by atoms with Crippen LogP contribution in [0.5, 0.6) is 5.75 Å². The number of halogens is 2. The minimum Gasteiger partial charge on any atom is -0.489 e. The quantitative estimate of drug-likeness (QED) is 0.157. The summed E-state index contributed by atoms with van der Waals surface area (Å²) in [5.74, 6) is -0.996. The molecule has 0 unspecified atom stereocenters. The summed E-state index contributed by atoms with van der Waals surface area (Å²) in [4.78, 5) is 27.2. The molecule has 0 saturated carbocycles. The van der Waals surface area contributed by atoms with Crippen LogP contribution in [0, 0.1) is 19.7 Å². The summed E-state index contributed by atoms with van der Waals surface area (Å²) in [6, 6.07) is 23.1.